The van der Waals surface area contributed by atoms with Gasteiger partial charge in [0.1, 0.15) is 17.2 Å². The molecule has 4 aromatic rings. The zero-order chi connectivity index (χ0) is 24.4. The Morgan fingerprint density at radius 3 is 2.29 bits per heavy atom. The summed E-state index contributed by atoms with van der Waals surface area (Å²) in [5.41, 5.74) is 4.90. The second kappa shape index (κ2) is 9.11. The van der Waals surface area contributed by atoms with Gasteiger partial charge in [0, 0.05) is 17.8 Å². The minimum atomic E-state index is -0.463. The van der Waals surface area contributed by atoms with Crippen molar-refractivity contribution < 1.29 is 14.1 Å². The molecule has 2 aromatic carbocycles. The second-order valence-corrected chi connectivity index (χ2v) is 8.56. The first-order valence-electron chi connectivity index (χ1n) is 11.6. The summed E-state index contributed by atoms with van der Waals surface area (Å²) in [5.74, 6) is 1.08. The highest BCUT2D eigenvalue weighted by molar-refractivity contribution is 5.87. The van der Waals surface area contributed by atoms with Crippen LogP contribution >= 0.6 is 0 Å². The van der Waals surface area contributed by atoms with Crippen LogP contribution in [0.25, 0.3) is 22.5 Å². The van der Waals surface area contributed by atoms with Crippen molar-refractivity contribution in [1.29, 1.82) is 0 Å². The molecule has 1 saturated carbocycles. The zero-order valence-corrected chi connectivity index (χ0v) is 19.7. The highest BCUT2D eigenvalue weighted by atomic mass is 16.5. The molecule has 0 amide bonds. The quantitative estimate of drug-likeness (QED) is 0.189. The van der Waals surface area contributed by atoms with Crippen LogP contribution in [0.15, 0.2) is 77.4 Å². The van der Waals surface area contributed by atoms with Crippen molar-refractivity contribution in [1.82, 2.24) is 10.1 Å². The molecule has 2 aromatic heterocycles. The number of pyridine rings is 1. The van der Waals surface area contributed by atoms with Gasteiger partial charge in [-0.05, 0) is 55.5 Å². The number of hydrogen-bond acceptors (Lipinski definition) is 6. The fourth-order valence-corrected chi connectivity index (χ4v) is 4.35. The van der Waals surface area contributed by atoms with E-state index in [0.29, 0.717) is 29.6 Å². The molecule has 1 fully saturated rings. The van der Waals surface area contributed by atoms with Gasteiger partial charge in [-0.25, -0.2) is 9.88 Å². The van der Waals surface area contributed by atoms with Crippen LogP contribution < -0.4 is 4.90 Å². The number of aromatic nitrogens is 2. The van der Waals surface area contributed by atoms with Crippen molar-refractivity contribution in [3.63, 3.8) is 0 Å². The number of carbonyl (C=O) groups is 1. The largest absolute Gasteiger partial charge is 0.465 e. The molecule has 5 rings (SSSR count). The van der Waals surface area contributed by atoms with E-state index in [0.717, 1.165) is 35.1 Å². The second-order valence-electron chi connectivity index (χ2n) is 8.56. The van der Waals surface area contributed by atoms with Gasteiger partial charge in [0.25, 0.3) is 0 Å². The number of anilines is 2. The monoisotopic (exact) mass is 463 g/mol. The molecule has 2 heterocycles. The maximum absolute atomic E-state index is 12.4. The van der Waals surface area contributed by atoms with E-state index < -0.39 is 5.41 Å². The van der Waals surface area contributed by atoms with Crippen molar-refractivity contribution in [3.05, 3.63) is 84.2 Å². The minimum absolute atomic E-state index is 0.123. The molecule has 6 nitrogen and oxygen atoms in total. The maximum Gasteiger partial charge on any atom is 0.316 e. The lowest BCUT2D eigenvalue weighted by atomic mass is 9.93. The highest BCUT2D eigenvalue weighted by Crippen LogP contribution is 2.49. The Hall–Kier alpha value is -4.37. The van der Waals surface area contributed by atoms with Crippen molar-refractivity contribution in [2.24, 2.45) is 0 Å². The van der Waals surface area contributed by atoms with E-state index in [9.17, 15) is 4.79 Å². The first kappa shape index (κ1) is 22.4. The molecule has 0 atom stereocenters. The molecule has 0 radical (unpaired) electrons. The average Bonchev–Trinajstić information content (AvgIpc) is 3.64. The van der Waals surface area contributed by atoms with Gasteiger partial charge in [0.15, 0.2) is 5.76 Å². The van der Waals surface area contributed by atoms with E-state index in [2.05, 4.69) is 28.3 Å². The SMILES string of the molecule is C#CN(c1ccccn1)c1c(C)noc1-c1ccc(-c2ccc(C3(C(=O)OCC)CC3)cc2)cc1. The smallest absolute Gasteiger partial charge is 0.316 e. The fraction of sp³-hybridized carbons (Fsp3) is 0.207. The third-order valence-electron chi connectivity index (χ3n) is 6.40. The predicted molar refractivity (Wildman–Crippen MR) is 135 cm³/mol. The van der Waals surface area contributed by atoms with Crippen LogP contribution in [-0.4, -0.2) is 22.7 Å². The van der Waals surface area contributed by atoms with Gasteiger partial charge < -0.3 is 9.26 Å². The van der Waals surface area contributed by atoms with Crippen LogP contribution in [0.1, 0.15) is 31.0 Å². The van der Waals surface area contributed by atoms with Crippen LogP contribution in [0.4, 0.5) is 11.5 Å². The molecule has 6 heteroatoms. The Morgan fingerprint density at radius 2 is 1.71 bits per heavy atom. The van der Waals surface area contributed by atoms with Gasteiger partial charge in [0.05, 0.1) is 12.0 Å². The summed E-state index contributed by atoms with van der Waals surface area (Å²) in [6.07, 6.45) is 9.21. The first-order valence-corrected chi connectivity index (χ1v) is 11.6. The summed E-state index contributed by atoms with van der Waals surface area (Å²) in [7, 11) is 0. The lowest BCUT2D eigenvalue weighted by molar-refractivity contribution is -0.146. The molecule has 0 spiro atoms. The molecule has 174 valence electrons. The summed E-state index contributed by atoms with van der Waals surface area (Å²) in [6.45, 7) is 4.10. The van der Waals surface area contributed by atoms with Crippen molar-refractivity contribution in [2.75, 3.05) is 11.5 Å². The van der Waals surface area contributed by atoms with Crippen LogP contribution in [0.2, 0.25) is 0 Å². The standard InChI is InChI=1S/C29H25N3O3/c1-4-32(25-8-6-7-19-30-25)26-20(3)31-35-27(26)23-11-9-21(10-12-23)22-13-15-24(16-14-22)29(17-18-29)28(33)34-5-2/h1,6-16,19H,5,17-18H2,2-3H3. The van der Waals surface area contributed by atoms with E-state index in [1.54, 1.807) is 11.1 Å². The van der Waals surface area contributed by atoms with Gasteiger partial charge in [-0.15, -0.1) is 0 Å². The number of nitrogens with zero attached hydrogens (tertiary/aromatic N) is 3. The lowest BCUT2D eigenvalue weighted by Crippen LogP contribution is -2.23. The Morgan fingerprint density at radius 1 is 1.06 bits per heavy atom. The van der Waals surface area contributed by atoms with Gasteiger partial charge in [-0.1, -0.05) is 66.2 Å². The number of hydrogen-bond donors (Lipinski definition) is 0. The Balaban J connectivity index is 1.41. The van der Waals surface area contributed by atoms with E-state index in [4.69, 9.17) is 15.7 Å². The van der Waals surface area contributed by atoms with Crippen molar-refractivity contribution >= 4 is 17.5 Å². The van der Waals surface area contributed by atoms with Crippen molar-refractivity contribution in [3.8, 4) is 34.9 Å². The molecule has 35 heavy (non-hydrogen) atoms. The normalized spacial score (nSPS) is 13.6. The van der Waals surface area contributed by atoms with E-state index in [1.165, 1.54) is 0 Å². The third kappa shape index (κ3) is 4.06. The number of rotatable bonds is 7. The van der Waals surface area contributed by atoms with Gasteiger partial charge in [-0.3, -0.25) is 4.79 Å². The Bertz CT molecular complexity index is 1380. The van der Waals surface area contributed by atoms with Crippen LogP contribution in [0, 0.1) is 19.4 Å². The summed E-state index contributed by atoms with van der Waals surface area (Å²) in [4.78, 5) is 18.4. The predicted octanol–water partition coefficient (Wildman–Crippen LogP) is 6.04. The van der Waals surface area contributed by atoms with Gasteiger partial charge >= 0.3 is 5.97 Å². The minimum Gasteiger partial charge on any atom is -0.465 e. The van der Waals surface area contributed by atoms with E-state index in [-0.39, 0.29) is 5.97 Å². The lowest BCUT2D eigenvalue weighted by Gasteiger charge is -2.16. The molecular formula is C29H25N3O3. The average molecular weight is 464 g/mol. The van der Waals surface area contributed by atoms with E-state index >= 15 is 0 Å². The third-order valence-corrected chi connectivity index (χ3v) is 6.40. The maximum atomic E-state index is 12.4. The van der Waals surface area contributed by atoms with Crippen LogP contribution in [-0.2, 0) is 14.9 Å². The summed E-state index contributed by atoms with van der Waals surface area (Å²) in [5, 5.41) is 4.16. The fourth-order valence-electron chi connectivity index (χ4n) is 4.35. The molecule has 1 aliphatic rings. The van der Waals surface area contributed by atoms with Gasteiger partial charge in [-0.2, -0.15) is 0 Å². The van der Waals surface area contributed by atoms with E-state index in [1.807, 2.05) is 68.4 Å². The highest BCUT2D eigenvalue weighted by Gasteiger charge is 2.52. The zero-order valence-electron chi connectivity index (χ0n) is 19.7. The number of terminal acetylenes is 1. The number of esters is 1. The number of benzene rings is 2. The number of aryl methyl sites for hydroxylation is 1. The molecule has 1 aliphatic carbocycles. The van der Waals surface area contributed by atoms with Crippen LogP contribution in [0.3, 0.4) is 0 Å². The summed E-state index contributed by atoms with van der Waals surface area (Å²) < 4.78 is 11.0. The van der Waals surface area contributed by atoms with Crippen molar-refractivity contribution in [2.45, 2.75) is 32.1 Å². The molecule has 0 aliphatic heterocycles. The Kier molecular flexibility index (Phi) is 5.84. The van der Waals surface area contributed by atoms with Crippen LogP contribution in [0.5, 0.6) is 0 Å². The number of carbonyl (C=O) groups excluding carboxylic acids is 1. The number of ether oxygens (including phenoxy) is 1. The molecular weight excluding hydrogens is 438 g/mol. The summed E-state index contributed by atoms with van der Waals surface area (Å²) >= 11 is 0. The first-order chi connectivity index (χ1) is 17.1. The molecule has 0 saturated heterocycles. The Labute approximate surface area is 204 Å². The molecule has 0 unspecified atom stereocenters. The van der Waals surface area contributed by atoms with Gasteiger partial charge in [0.2, 0.25) is 0 Å². The molecule has 0 N–H and O–H groups in total. The topological polar surface area (TPSA) is 68.5 Å². The molecule has 0 bridgehead atoms. The summed E-state index contributed by atoms with van der Waals surface area (Å²) in [6, 6.07) is 24.5.